The Bertz CT molecular complexity index is 79.5. The minimum absolute atomic E-state index is 0. The average molecular weight is 152 g/mol. The van der Waals surface area contributed by atoms with Crippen molar-refractivity contribution < 1.29 is 4.74 Å². The Hall–Kier alpha value is 0.210. The molecule has 0 bridgehead atoms. The van der Waals surface area contributed by atoms with E-state index in [0.717, 1.165) is 6.61 Å². The summed E-state index contributed by atoms with van der Waals surface area (Å²) >= 11 is 0. The van der Waals surface area contributed by atoms with Crippen LogP contribution >= 0.6 is 12.4 Å². The Morgan fingerprint density at radius 3 is 2.33 bits per heavy atom. The number of hydrogen-bond donors (Lipinski definition) is 1. The van der Waals surface area contributed by atoms with Crippen LogP contribution in [-0.2, 0) is 4.74 Å². The van der Waals surface area contributed by atoms with Gasteiger partial charge in [-0.2, -0.15) is 0 Å². The molecule has 1 aliphatic carbocycles. The van der Waals surface area contributed by atoms with E-state index in [0.29, 0.717) is 12.0 Å². The number of methoxy groups -OCH3 is 1. The van der Waals surface area contributed by atoms with Crippen molar-refractivity contribution in [3.63, 3.8) is 0 Å². The van der Waals surface area contributed by atoms with Gasteiger partial charge >= 0.3 is 0 Å². The van der Waals surface area contributed by atoms with Gasteiger partial charge < -0.3 is 10.5 Å². The summed E-state index contributed by atoms with van der Waals surface area (Å²) in [7, 11) is 1.73. The molecule has 2 N–H and O–H groups in total. The lowest BCUT2D eigenvalue weighted by Crippen LogP contribution is -2.41. The third-order valence-electron chi connectivity index (χ3n) is 1.86. The molecular weight excluding hydrogens is 138 g/mol. The molecule has 1 saturated carbocycles. The number of nitrogens with two attached hydrogens (primary N) is 1. The fraction of sp³-hybridized carbons (Fsp3) is 1.00. The lowest BCUT2D eigenvalue weighted by Gasteiger charge is -2.32. The zero-order chi connectivity index (χ0) is 5.98. The molecule has 1 rings (SSSR count). The molecule has 3 heteroatoms. The fourth-order valence-corrected chi connectivity index (χ4v) is 1.02. The Morgan fingerprint density at radius 1 is 1.56 bits per heavy atom. The summed E-state index contributed by atoms with van der Waals surface area (Å²) in [4.78, 5) is 0. The first-order chi connectivity index (χ1) is 3.84. The highest BCUT2D eigenvalue weighted by Gasteiger charge is 2.26. The van der Waals surface area contributed by atoms with Gasteiger partial charge in [-0.05, 0) is 18.8 Å². The molecule has 0 amide bonds. The summed E-state index contributed by atoms with van der Waals surface area (Å²) in [6, 6.07) is 0.426. The number of hydrogen-bond acceptors (Lipinski definition) is 2. The molecule has 1 fully saturated rings. The molecule has 2 nitrogen and oxygen atoms in total. The van der Waals surface area contributed by atoms with Crippen molar-refractivity contribution in [2.24, 2.45) is 11.7 Å². The molecule has 0 aromatic heterocycles. The third kappa shape index (κ3) is 2.12. The molecule has 56 valence electrons. The predicted molar refractivity (Wildman–Crippen MR) is 39.8 cm³/mol. The van der Waals surface area contributed by atoms with Gasteiger partial charge in [-0.1, -0.05) is 0 Å². The van der Waals surface area contributed by atoms with Crippen LogP contribution in [0.2, 0.25) is 0 Å². The third-order valence-corrected chi connectivity index (χ3v) is 1.86. The van der Waals surface area contributed by atoms with E-state index >= 15 is 0 Å². The Labute approximate surface area is 62.2 Å². The zero-order valence-corrected chi connectivity index (χ0v) is 6.49. The summed E-state index contributed by atoms with van der Waals surface area (Å²) in [5.74, 6) is 0.653. The van der Waals surface area contributed by atoms with Crippen molar-refractivity contribution in [3.8, 4) is 0 Å². The van der Waals surface area contributed by atoms with Gasteiger partial charge in [-0.15, -0.1) is 12.4 Å². The molecule has 0 radical (unpaired) electrons. The first-order valence-electron chi connectivity index (χ1n) is 3.09. The Balaban J connectivity index is 0.000000640. The molecule has 0 aliphatic heterocycles. The van der Waals surface area contributed by atoms with Gasteiger partial charge in [0.15, 0.2) is 0 Å². The average Bonchev–Trinajstić information content (AvgIpc) is 1.79. The number of halogens is 1. The standard InChI is InChI=1S/C6H13NO.ClH/c1-8-4-5-2-3-6(5)7;/h5-6H,2-4,7H2,1H3;1H. The summed E-state index contributed by atoms with van der Waals surface area (Å²) in [6.07, 6.45) is 2.45. The largest absolute Gasteiger partial charge is 0.384 e. The molecule has 0 spiro atoms. The van der Waals surface area contributed by atoms with Gasteiger partial charge in [0.2, 0.25) is 0 Å². The van der Waals surface area contributed by atoms with E-state index in [4.69, 9.17) is 10.5 Å². The van der Waals surface area contributed by atoms with E-state index < -0.39 is 0 Å². The normalized spacial score (nSPS) is 32.7. The van der Waals surface area contributed by atoms with Crippen molar-refractivity contribution in [2.75, 3.05) is 13.7 Å². The Morgan fingerprint density at radius 2 is 2.22 bits per heavy atom. The van der Waals surface area contributed by atoms with E-state index in [1.54, 1.807) is 7.11 Å². The molecule has 0 aromatic rings. The summed E-state index contributed by atoms with van der Waals surface area (Å²) < 4.78 is 4.94. The minimum atomic E-state index is 0. The zero-order valence-electron chi connectivity index (χ0n) is 5.67. The lowest BCUT2D eigenvalue weighted by atomic mass is 9.81. The SMILES string of the molecule is COCC1CCC1N.Cl. The van der Waals surface area contributed by atoms with Crippen molar-refractivity contribution in [1.29, 1.82) is 0 Å². The van der Waals surface area contributed by atoms with E-state index in [9.17, 15) is 0 Å². The first-order valence-corrected chi connectivity index (χ1v) is 3.09. The smallest absolute Gasteiger partial charge is 0.0505 e. The maximum Gasteiger partial charge on any atom is 0.0505 e. The van der Waals surface area contributed by atoms with Gasteiger partial charge in [0.1, 0.15) is 0 Å². The second-order valence-corrected chi connectivity index (χ2v) is 2.46. The second-order valence-electron chi connectivity index (χ2n) is 2.46. The summed E-state index contributed by atoms with van der Waals surface area (Å²) in [6.45, 7) is 0.848. The maximum absolute atomic E-state index is 5.63. The van der Waals surface area contributed by atoms with Crippen LogP contribution in [0.4, 0.5) is 0 Å². The monoisotopic (exact) mass is 151 g/mol. The van der Waals surface area contributed by atoms with E-state index in [1.165, 1.54) is 12.8 Å². The maximum atomic E-state index is 5.63. The molecule has 1 aliphatic rings. The van der Waals surface area contributed by atoms with Crippen molar-refractivity contribution >= 4 is 12.4 Å². The van der Waals surface area contributed by atoms with Crippen LogP contribution in [0.5, 0.6) is 0 Å². The fourth-order valence-electron chi connectivity index (χ4n) is 1.02. The molecule has 2 atom stereocenters. The summed E-state index contributed by atoms with van der Waals surface area (Å²) in [5.41, 5.74) is 5.63. The van der Waals surface area contributed by atoms with Crippen LogP contribution in [0.1, 0.15) is 12.8 Å². The Kier molecular flexibility index (Phi) is 4.19. The highest BCUT2D eigenvalue weighted by Crippen LogP contribution is 2.24. The van der Waals surface area contributed by atoms with Crippen LogP contribution in [-0.4, -0.2) is 19.8 Å². The minimum Gasteiger partial charge on any atom is -0.384 e. The van der Waals surface area contributed by atoms with Crippen molar-refractivity contribution in [2.45, 2.75) is 18.9 Å². The van der Waals surface area contributed by atoms with Gasteiger partial charge in [0, 0.05) is 13.2 Å². The topological polar surface area (TPSA) is 35.2 Å². The molecule has 2 unspecified atom stereocenters. The van der Waals surface area contributed by atoms with E-state index in [-0.39, 0.29) is 12.4 Å². The molecule has 0 aromatic carbocycles. The van der Waals surface area contributed by atoms with Crippen LogP contribution in [0.25, 0.3) is 0 Å². The van der Waals surface area contributed by atoms with E-state index in [2.05, 4.69) is 0 Å². The van der Waals surface area contributed by atoms with E-state index in [1.807, 2.05) is 0 Å². The van der Waals surface area contributed by atoms with Crippen LogP contribution in [0.15, 0.2) is 0 Å². The predicted octanol–water partition coefficient (Wildman–Crippen LogP) is 0.792. The van der Waals surface area contributed by atoms with Crippen LogP contribution < -0.4 is 5.73 Å². The molecule has 9 heavy (non-hydrogen) atoms. The van der Waals surface area contributed by atoms with Gasteiger partial charge in [-0.3, -0.25) is 0 Å². The quantitative estimate of drug-likeness (QED) is 0.634. The number of rotatable bonds is 2. The first kappa shape index (κ1) is 9.21. The van der Waals surface area contributed by atoms with Gasteiger partial charge in [0.05, 0.1) is 6.61 Å². The lowest BCUT2D eigenvalue weighted by molar-refractivity contribution is 0.0945. The molecule has 0 heterocycles. The molecular formula is C6H14ClNO. The van der Waals surface area contributed by atoms with Crippen LogP contribution in [0, 0.1) is 5.92 Å². The highest BCUT2D eigenvalue weighted by molar-refractivity contribution is 5.85. The van der Waals surface area contributed by atoms with Crippen LogP contribution in [0.3, 0.4) is 0 Å². The highest BCUT2D eigenvalue weighted by atomic mass is 35.5. The van der Waals surface area contributed by atoms with Gasteiger partial charge in [-0.25, -0.2) is 0 Å². The van der Waals surface area contributed by atoms with Crippen molar-refractivity contribution in [3.05, 3.63) is 0 Å². The van der Waals surface area contributed by atoms with Crippen molar-refractivity contribution in [1.82, 2.24) is 0 Å². The summed E-state index contributed by atoms with van der Waals surface area (Å²) in [5, 5.41) is 0. The molecule has 0 saturated heterocycles. The van der Waals surface area contributed by atoms with Gasteiger partial charge in [0.25, 0.3) is 0 Å². The number of ether oxygens (including phenoxy) is 1. The second kappa shape index (κ2) is 4.09.